The molecule has 2 heterocycles. The lowest BCUT2D eigenvalue weighted by atomic mass is 10.2. The number of benzene rings is 1. The summed E-state index contributed by atoms with van der Waals surface area (Å²) >= 11 is 0. The van der Waals surface area contributed by atoms with Gasteiger partial charge in [0, 0.05) is 38.2 Å². The van der Waals surface area contributed by atoms with Gasteiger partial charge in [0.25, 0.3) is 5.91 Å². The van der Waals surface area contributed by atoms with Crippen LogP contribution in [-0.4, -0.2) is 64.1 Å². The molecule has 1 aromatic carbocycles. The average Bonchev–Trinajstić information content (AvgIpc) is 3.49. The molecule has 7 heteroatoms. The number of anilines is 1. The van der Waals surface area contributed by atoms with E-state index in [2.05, 4.69) is 22.2 Å². The normalized spacial score (nSPS) is 17.7. The number of carbonyl (C=O) groups is 2. The highest BCUT2D eigenvalue weighted by Crippen LogP contribution is 2.30. The van der Waals surface area contributed by atoms with Gasteiger partial charge in [0.05, 0.1) is 5.69 Å². The Kier molecular flexibility index (Phi) is 4.94. The topological polar surface area (TPSA) is 70.5 Å². The summed E-state index contributed by atoms with van der Waals surface area (Å²) in [7, 11) is 0. The number of nitrogens with one attached hydrogen (secondary N) is 1. The average molecular weight is 367 g/mol. The lowest BCUT2D eigenvalue weighted by molar-refractivity contribution is -0.117. The molecule has 1 aliphatic heterocycles. The number of likely N-dealkylation sites (N-methyl/N-ethyl adjacent to an activating group) is 1. The van der Waals surface area contributed by atoms with Gasteiger partial charge in [-0.3, -0.25) is 9.59 Å². The second-order valence-electron chi connectivity index (χ2n) is 7.15. The van der Waals surface area contributed by atoms with Crippen LogP contribution in [0.3, 0.4) is 0 Å². The Balaban J connectivity index is 1.58. The van der Waals surface area contributed by atoms with Gasteiger partial charge < -0.3 is 15.1 Å². The molecule has 2 aromatic rings. The fraction of sp³-hybridized carbons (Fsp3) is 0.450. The molecule has 142 valence electrons. The molecule has 2 amide bonds. The summed E-state index contributed by atoms with van der Waals surface area (Å²) in [5.74, 6) is 0.559. The summed E-state index contributed by atoms with van der Waals surface area (Å²) in [4.78, 5) is 29.4. The summed E-state index contributed by atoms with van der Waals surface area (Å²) in [6.07, 6.45) is 1.86. The molecule has 1 saturated carbocycles. The first kappa shape index (κ1) is 17.7. The van der Waals surface area contributed by atoms with Crippen LogP contribution in [0.5, 0.6) is 0 Å². The highest BCUT2D eigenvalue weighted by atomic mass is 16.2. The van der Waals surface area contributed by atoms with Crippen LogP contribution in [0.25, 0.3) is 5.69 Å². The molecular weight excluding hydrogens is 342 g/mol. The Morgan fingerprint density at radius 3 is 2.44 bits per heavy atom. The van der Waals surface area contributed by atoms with Crippen molar-refractivity contribution in [2.45, 2.75) is 19.8 Å². The number of carbonyl (C=O) groups excluding carboxylic acids is 2. The minimum Gasteiger partial charge on any atom is -0.335 e. The van der Waals surface area contributed by atoms with Crippen molar-refractivity contribution in [3.8, 4) is 5.69 Å². The molecule has 27 heavy (non-hydrogen) atoms. The largest absolute Gasteiger partial charge is 0.335 e. The molecule has 0 spiro atoms. The number of para-hydroxylation sites is 1. The van der Waals surface area contributed by atoms with Gasteiger partial charge in [-0.1, -0.05) is 25.1 Å². The standard InChI is InChI=1S/C20H25N5O2/c1-2-23-10-12-24(13-11-23)20(27)17-14-18(21-19(26)15-8-9-15)25(22-17)16-6-4-3-5-7-16/h3-7,14-15H,2,8-13H2,1H3,(H,21,26). The lowest BCUT2D eigenvalue weighted by Crippen LogP contribution is -2.48. The van der Waals surface area contributed by atoms with Crippen molar-refractivity contribution in [2.75, 3.05) is 38.0 Å². The molecule has 0 bridgehead atoms. The predicted molar refractivity (Wildman–Crippen MR) is 103 cm³/mol. The number of amides is 2. The van der Waals surface area contributed by atoms with Crippen molar-refractivity contribution in [1.29, 1.82) is 0 Å². The molecule has 7 nitrogen and oxygen atoms in total. The minimum absolute atomic E-state index is 0.00244. The Morgan fingerprint density at radius 2 is 1.81 bits per heavy atom. The Bertz CT molecular complexity index is 820. The molecule has 2 aliphatic rings. The second kappa shape index (κ2) is 7.52. The van der Waals surface area contributed by atoms with Gasteiger partial charge in [-0.2, -0.15) is 5.10 Å². The molecule has 4 rings (SSSR count). The highest BCUT2D eigenvalue weighted by Gasteiger charge is 2.31. The van der Waals surface area contributed by atoms with E-state index in [1.807, 2.05) is 35.2 Å². The zero-order valence-corrected chi connectivity index (χ0v) is 15.6. The smallest absolute Gasteiger partial charge is 0.274 e. The van der Waals surface area contributed by atoms with Crippen LogP contribution in [0.4, 0.5) is 5.82 Å². The number of hydrogen-bond acceptors (Lipinski definition) is 4. The third-order valence-electron chi connectivity index (χ3n) is 5.24. The van der Waals surface area contributed by atoms with Gasteiger partial charge in [0.1, 0.15) is 5.82 Å². The van der Waals surface area contributed by atoms with Gasteiger partial charge in [-0.25, -0.2) is 4.68 Å². The van der Waals surface area contributed by atoms with E-state index in [0.29, 0.717) is 24.6 Å². The van der Waals surface area contributed by atoms with Crippen LogP contribution >= 0.6 is 0 Å². The zero-order chi connectivity index (χ0) is 18.8. The Labute approximate surface area is 158 Å². The molecule has 1 N–H and O–H groups in total. The monoisotopic (exact) mass is 367 g/mol. The van der Waals surface area contributed by atoms with Gasteiger partial charge in [-0.05, 0) is 31.5 Å². The first-order chi connectivity index (χ1) is 13.2. The summed E-state index contributed by atoms with van der Waals surface area (Å²) in [6, 6.07) is 11.3. The van der Waals surface area contributed by atoms with E-state index in [9.17, 15) is 9.59 Å². The number of hydrogen-bond donors (Lipinski definition) is 1. The van der Waals surface area contributed by atoms with Crippen molar-refractivity contribution in [3.63, 3.8) is 0 Å². The van der Waals surface area contributed by atoms with Crippen molar-refractivity contribution in [2.24, 2.45) is 5.92 Å². The number of piperazine rings is 1. The molecule has 0 unspecified atom stereocenters. The van der Waals surface area contributed by atoms with Crippen LogP contribution < -0.4 is 5.32 Å². The number of aromatic nitrogens is 2. The van der Waals surface area contributed by atoms with Gasteiger partial charge in [0.15, 0.2) is 5.69 Å². The molecule has 1 saturated heterocycles. The number of rotatable bonds is 5. The van der Waals surface area contributed by atoms with Crippen molar-refractivity contribution >= 4 is 17.6 Å². The summed E-state index contributed by atoms with van der Waals surface area (Å²) in [5.41, 5.74) is 1.19. The van der Waals surface area contributed by atoms with E-state index in [1.54, 1.807) is 10.7 Å². The van der Waals surface area contributed by atoms with Crippen molar-refractivity contribution < 1.29 is 9.59 Å². The summed E-state index contributed by atoms with van der Waals surface area (Å²) in [6.45, 7) is 6.30. The molecule has 0 radical (unpaired) electrons. The van der Waals surface area contributed by atoms with Crippen LogP contribution in [0.2, 0.25) is 0 Å². The van der Waals surface area contributed by atoms with E-state index in [0.717, 1.165) is 38.2 Å². The first-order valence-corrected chi connectivity index (χ1v) is 9.63. The van der Waals surface area contributed by atoms with Gasteiger partial charge in [0.2, 0.25) is 5.91 Å². The van der Waals surface area contributed by atoms with Gasteiger partial charge >= 0.3 is 0 Å². The van der Waals surface area contributed by atoms with E-state index in [1.165, 1.54) is 0 Å². The fourth-order valence-electron chi connectivity index (χ4n) is 3.34. The van der Waals surface area contributed by atoms with Crippen molar-refractivity contribution in [3.05, 3.63) is 42.1 Å². The Hall–Kier alpha value is -2.67. The van der Waals surface area contributed by atoms with E-state index in [-0.39, 0.29) is 17.7 Å². The van der Waals surface area contributed by atoms with E-state index in [4.69, 9.17) is 0 Å². The molecule has 1 aromatic heterocycles. The summed E-state index contributed by atoms with van der Waals surface area (Å²) < 4.78 is 1.65. The fourth-order valence-corrected chi connectivity index (χ4v) is 3.34. The molecule has 0 atom stereocenters. The maximum Gasteiger partial charge on any atom is 0.274 e. The lowest BCUT2D eigenvalue weighted by Gasteiger charge is -2.33. The quantitative estimate of drug-likeness (QED) is 0.878. The minimum atomic E-state index is -0.0812. The summed E-state index contributed by atoms with van der Waals surface area (Å²) in [5, 5.41) is 7.47. The Morgan fingerprint density at radius 1 is 1.11 bits per heavy atom. The van der Waals surface area contributed by atoms with Gasteiger partial charge in [-0.15, -0.1) is 0 Å². The second-order valence-corrected chi connectivity index (χ2v) is 7.15. The van der Waals surface area contributed by atoms with Crippen LogP contribution in [0.1, 0.15) is 30.3 Å². The maximum absolute atomic E-state index is 12.9. The molecular formula is C20H25N5O2. The third-order valence-corrected chi connectivity index (χ3v) is 5.24. The highest BCUT2D eigenvalue weighted by molar-refractivity contribution is 5.97. The van der Waals surface area contributed by atoms with Crippen LogP contribution in [-0.2, 0) is 4.79 Å². The first-order valence-electron chi connectivity index (χ1n) is 9.63. The number of nitrogens with zero attached hydrogens (tertiary/aromatic N) is 4. The van der Waals surface area contributed by atoms with Crippen LogP contribution in [0.15, 0.2) is 36.4 Å². The van der Waals surface area contributed by atoms with Crippen molar-refractivity contribution in [1.82, 2.24) is 19.6 Å². The SMILES string of the molecule is CCN1CCN(C(=O)c2cc(NC(=O)C3CC3)n(-c3ccccc3)n2)CC1. The zero-order valence-electron chi connectivity index (χ0n) is 15.6. The van der Waals surface area contributed by atoms with Crippen LogP contribution in [0, 0.1) is 5.92 Å². The maximum atomic E-state index is 12.9. The predicted octanol–water partition coefficient (Wildman–Crippen LogP) is 2.00. The molecule has 2 fully saturated rings. The molecule has 1 aliphatic carbocycles. The van der Waals surface area contributed by atoms with E-state index < -0.39 is 0 Å². The third kappa shape index (κ3) is 3.88. The van der Waals surface area contributed by atoms with E-state index >= 15 is 0 Å².